The number of sulfonamides is 1. The molecule has 0 radical (unpaired) electrons. The normalized spacial score (nSPS) is 19.4. The second kappa shape index (κ2) is 8.46. The number of fused-ring (bicyclic) bond motifs is 2. The third kappa shape index (κ3) is 4.24. The van der Waals surface area contributed by atoms with Gasteiger partial charge in [-0.05, 0) is 41.8 Å². The molecule has 2 heterocycles. The van der Waals surface area contributed by atoms with E-state index in [0.717, 1.165) is 0 Å². The van der Waals surface area contributed by atoms with Gasteiger partial charge in [0.2, 0.25) is 15.9 Å². The van der Waals surface area contributed by atoms with Gasteiger partial charge in [-0.15, -0.1) is 0 Å². The van der Waals surface area contributed by atoms with Crippen LogP contribution in [0.15, 0.2) is 36.4 Å². The summed E-state index contributed by atoms with van der Waals surface area (Å²) in [5.74, 6) is -1.46. The Hall–Kier alpha value is -2.49. The van der Waals surface area contributed by atoms with Gasteiger partial charge < -0.3 is 10.2 Å². The lowest BCUT2D eigenvalue weighted by atomic mass is 10.0. The van der Waals surface area contributed by atoms with E-state index >= 15 is 0 Å². The molecular weight excluding hydrogens is 457 g/mol. The fraction of sp³-hybridized carbons (Fsp3) is 0.364. The van der Waals surface area contributed by atoms with E-state index in [-0.39, 0.29) is 47.5 Å². The second-order valence-electron chi connectivity index (χ2n) is 8.42. The molecule has 1 fully saturated rings. The van der Waals surface area contributed by atoms with Crippen molar-refractivity contribution in [2.75, 3.05) is 30.7 Å². The predicted molar refractivity (Wildman–Crippen MR) is 120 cm³/mol. The van der Waals surface area contributed by atoms with E-state index in [0.29, 0.717) is 11.3 Å². The summed E-state index contributed by atoms with van der Waals surface area (Å²) in [5, 5.41) is 2.99. The quantitative estimate of drug-likeness (QED) is 0.729. The highest BCUT2D eigenvalue weighted by atomic mass is 35.5. The summed E-state index contributed by atoms with van der Waals surface area (Å²) < 4.78 is 41.0. The highest BCUT2D eigenvalue weighted by Crippen LogP contribution is 2.32. The number of benzene rings is 2. The SMILES string of the molecule is CC(C)CS(=O)(=O)N1CCN2C(=O)c3cc(-c4ccc(Cl)cc4F)ccc3NC(=O)[C@H]2C1. The zero-order valence-corrected chi connectivity index (χ0v) is 19.2. The molecule has 4 rings (SSSR count). The summed E-state index contributed by atoms with van der Waals surface area (Å²) in [6.45, 7) is 3.73. The molecule has 0 unspecified atom stereocenters. The maximum atomic E-state index is 14.4. The van der Waals surface area contributed by atoms with Gasteiger partial charge in [0.15, 0.2) is 0 Å². The van der Waals surface area contributed by atoms with Crippen molar-refractivity contribution < 1.29 is 22.4 Å². The Balaban J connectivity index is 1.66. The molecule has 0 spiro atoms. The molecule has 7 nitrogen and oxygen atoms in total. The average Bonchev–Trinajstić information content (AvgIpc) is 2.81. The molecule has 10 heteroatoms. The first-order valence-electron chi connectivity index (χ1n) is 10.3. The summed E-state index contributed by atoms with van der Waals surface area (Å²) >= 11 is 5.83. The average molecular weight is 480 g/mol. The van der Waals surface area contributed by atoms with Crippen LogP contribution in [0.3, 0.4) is 0 Å². The standard InChI is InChI=1S/C22H23ClFN3O4S/c1-13(2)12-32(30,31)26-7-8-27-20(11-26)21(28)25-19-6-3-14(9-17(19)22(27)29)16-5-4-15(23)10-18(16)24/h3-6,9-10,13,20H,7-8,11-12H2,1-2H3,(H,25,28)/t20-/m1/s1. The molecule has 2 amide bonds. The Morgan fingerprint density at radius 2 is 1.88 bits per heavy atom. The van der Waals surface area contributed by atoms with Gasteiger partial charge in [-0.2, -0.15) is 4.31 Å². The molecule has 1 atom stereocenters. The van der Waals surface area contributed by atoms with E-state index in [1.54, 1.807) is 18.2 Å². The molecule has 2 aromatic carbocycles. The topological polar surface area (TPSA) is 86.8 Å². The monoisotopic (exact) mass is 479 g/mol. The summed E-state index contributed by atoms with van der Waals surface area (Å²) in [6, 6.07) is 8.04. The molecule has 2 aliphatic rings. The third-order valence-corrected chi connectivity index (χ3v) is 8.04. The zero-order valence-electron chi connectivity index (χ0n) is 17.6. The minimum atomic E-state index is -3.54. The van der Waals surface area contributed by atoms with Crippen molar-refractivity contribution in [2.45, 2.75) is 19.9 Å². The van der Waals surface area contributed by atoms with Crippen LogP contribution in [0.1, 0.15) is 24.2 Å². The maximum Gasteiger partial charge on any atom is 0.256 e. The smallest absolute Gasteiger partial charge is 0.256 e. The van der Waals surface area contributed by atoms with Gasteiger partial charge in [0.05, 0.1) is 17.0 Å². The van der Waals surface area contributed by atoms with Crippen LogP contribution in [-0.2, 0) is 14.8 Å². The number of rotatable bonds is 4. The highest BCUT2D eigenvalue weighted by molar-refractivity contribution is 7.89. The van der Waals surface area contributed by atoms with Gasteiger partial charge in [-0.1, -0.05) is 31.5 Å². The third-order valence-electron chi connectivity index (χ3n) is 5.59. The van der Waals surface area contributed by atoms with E-state index in [1.807, 2.05) is 13.8 Å². The van der Waals surface area contributed by atoms with Crippen LogP contribution in [0.5, 0.6) is 0 Å². The predicted octanol–water partition coefficient (Wildman–Crippen LogP) is 3.21. The second-order valence-corrected chi connectivity index (χ2v) is 10.9. The first-order chi connectivity index (χ1) is 15.1. The highest BCUT2D eigenvalue weighted by Gasteiger charge is 2.42. The number of carbonyl (C=O) groups is 2. The van der Waals surface area contributed by atoms with Crippen LogP contribution >= 0.6 is 11.6 Å². The lowest BCUT2D eigenvalue weighted by Crippen LogP contribution is -2.59. The van der Waals surface area contributed by atoms with E-state index in [2.05, 4.69) is 5.32 Å². The number of hydrogen-bond donors (Lipinski definition) is 1. The van der Waals surface area contributed by atoms with E-state index in [1.165, 1.54) is 27.4 Å². The molecule has 32 heavy (non-hydrogen) atoms. The summed E-state index contributed by atoms with van der Waals surface area (Å²) in [5.41, 5.74) is 1.29. The molecular formula is C22H23ClFN3O4S. The minimum Gasteiger partial charge on any atom is -0.324 e. The number of amides is 2. The van der Waals surface area contributed by atoms with Crippen molar-refractivity contribution in [3.05, 3.63) is 52.8 Å². The molecule has 0 aliphatic carbocycles. The van der Waals surface area contributed by atoms with Gasteiger partial charge >= 0.3 is 0 Å². The summed E-state index contributed by atoms with van der Waals surface area (Å²) in [7, 11) is -3.54. The van der Waals surface area contributed by atoms with Crippen LogP contribution in [0.25, 0.3) is 11.1 Å². The number of piperazine rings is 1. The number of nitrogens with zero attached hydrogens (tertiary/aromatic N) is 2. The zero-order chi connectivity index (χ0) is 23.2. The summed E-state index contributed by atoms with van der Waals surface area (Å²) in [4.78, 5) is 27.6. The lowest BCUT2D eigenvalue weighted by Gasteiger charge is -2.38. The number of hydrogen-bond acceptors (Lipinski definition) is 4. The Labute approximate surface area is 191 Å². The largest absolute Gasteiger partial charge is 0.324 e. The van der Waals surface area contributed by atoms with E-state index in [4.69, 9.17) is 11.6 Å². The Morgan fingerprint density at radius 1 is 1.12 bits per heavy atom. The first-order valence-corrected chi connectivity index (χ1v) is 12.2. The fourth-order valence-corrected chi connectivity index (χ4v) is 6.04. The van der Waals surface area contributed by atoms with Crippen molar-refractivity contribution >= 4 is 39.1 Å². The number of nitrogens with one attached hydrogen (secondary N) is 1. The molecule has 170 valence electrons. The summed E-state index contributed by atoms with van der Waals surface area (Å²) in [6.07, 6.45) is 0. The van der Waals surface area contributed by atoms with Gasteiger partial charge in [-0.3, -0.25) is 9.59 Å². The first kappa shape index (κ1) is 22.7. The molecule has 1 N–H and O–H groups in total. The van der Waals surface area contributed by atoms with E-state index < -0.39 is 33.7 Å². The molecule has 0 bridgehead atoms. The fourth-order valence-electron chi connectivity index (χ4n) is 4.10. The Morgan fingerprint density at radius 3 is 2.56 bits per heavy atom. The van der Waals surface area contributed by atoms with Crippen molar-refractivity contribution in [3.63, 3.8) is 0 Å². The van der Waals surface area contributed by atoms with Gasteiger partial charge in [0, 0.05) is 30.2 Å². The Kier molecular flexibility index (Phi) is 6.00. The van der Waals surface area contributed by atoms with Crippen molar-refractivity contribution in [3.8, 4) is 11.1 Å². The molecule has 0 aromatic heterocycles. The van der Waals surface area contributed by atoms with Gasteiger partial charge in [0.25, 0.3) is 5.91 Å². The van der Waals surface area contributed by atoms with Gasteiger partial charge in [-0.25, -0.2) is 12.8 Å². The van der Waals surface area contributed by atoms with Crippen molar-refractivity contribution in [1.29, 1.82) is 0 Å². The van der Waals surface area contributed by atoms with Crippen LogP contribution in [0.4, 0.5) is 10.1 Å². The number of anilines is 1. The van der Waals surface area contributed by atoms with Crippen LogP contribution in [0.2, 0.25) is 5.02 Å². The molecule has 2 aliphatic heterocycles. The lowest BCUT2D eigenvalue weighted by molar-refractivity contribution is -0.121. The van der Waals surface area contributed by atoms with Crippen molar-refractivity contribution in [1.82, 2.24) is 9.21 Å². The molecule has 1 saturated heterocycles. The number of halogens is 2. The van der Waals surface area contributed by atoms with Crippen LogP contribution < -0.4 is 5.32 Å². The van der Waals surface area contributed by atoms with Crippen LogP contribution in [-0.4, -0.2) is 60.9 Å². The van der Waals surface area contributed by atoms with Crippen LogP contribution in [0, 0.1) is 11.7 Å². The van der Waals surface area contributed by atoms with Gasteiger partial charge in [0.1, 0.15) is 11.9 Å². The van der Waals surface area contributed by atoms with E-state index in [9.17, 15) is 22.4 Å². The molecule has 0 saturated carbocycles. The Bertz CT molecular complexity index is 1200. The maximum absolute atomic E-state index is 14.4. The number of carbonyl (C=O) groups excluding carboxylic acids is 2. The molecule has 2 aromatic rings. The minimum absolute atomic E-state index is 0.0223. The van der Waals surface area contributed by atoms with Crippen molar-refractivity contribution in [2.24, 2.45) is 5.92 Å².